The number of guanidine groups is 1. The summed E-state index contributed by atoms with van der Waals surface area (Å²) < 4.78 is 24.9. The highest BCUT2D eigenvalue weighted by molar-refractivity contribution is 14.0. The van der Waals surface area contributed by atoms with Gasteiger partial charge >= 0.3 is 0 Å². The summed E-state index contributed by atoms with van der Waals surface area (Å²) in [6.45, 7) is 2.30. The van der Waals surface area contributed by atoms with Crippen molar-refractivity contribution >= 4 is 39.8 Å². The molecule has 1 unspecified atom stereocenters. The zero-order valence-corrected chi connectivity index (χ0v) is 15.3. The van der Waals surface area contributed by atoms with Crippen molar-refractivity contribution in [2.24, 2.45) is 10.9 Å². The van der Waals surface area contributed by atoms with Crippen molar-refractivity contribution in [3.8, 4) is 0 Å². The molecule has 1 saturated heterocycles. The quantitative estimate of drug-likeness (QED) is 0.413. The summed E-state index contributed by atoms with van der Waals surface area (Å²) in [5.74, 6) is 1.53. The van der Waals surface area contributed by atoms with E-state index in [1.807, 2.05) is 24.5 Å². The molecule has 1 aromatic rings. The third-order valence-electron chi connectivity index (χ3n) is 3.44. The summed E-state index contributed by atoms with van der Waals surface area (Å²) in [6, 6.07) is 3.99. The number of nitrogens with one attached hydrogen (secondary N) is 2. The predicted octanol–water partition coefficient (Wildman–Crippen LogP) is 0.706. The Hall–Kier alpha value is -0.770. The van der Waals surface area contributed by atoms with E-state index in [2.05, 4.69) is 20.2 Å². The monoisotopic (exact) mass is 426 g/mol. The smallest absolute Gasteiger partial charge is 0.191 e. The molecule has 1 aliphatic rings. The van der Waals surface area contributed by atoms with E-state index in [9.17, 15) is 8.42 Å². The molecule has 21 heavy (non-hydrogen) atoms. The number of halogens is 1. The Morgan fingerprint density at radius 1 is 1.33 bits per heavy atom. The maximum absolute atomic E-state index is 11.4. The zero-order valence-electron chi connectivity index (χ0n) is 12.2. The van der Waals surface area contributed by atoms with E-state index in [1.54, 1.807) is 7.05 Å². The van der Waals surface area contributed by atoms with Gasteiger partial charge in [0.2, 0.25) is 0 Å². The molecule has 8 heteroatoms. The first kappa shape index (κ1) is 18.3. The minimum atomic E-state index is -2.80. The molecule has 2 N–H and O–H groups in total. The second kappa shape index (κ2) is 8.62. The molecule has 2 heterocycles. The molecule has 0 spiro atoms. The minimum absolute atomic E-state index is 0. The van der Waals surface area contributed by atoms with Gasteiger partial charge < -0.3 is 15.2 Å². The average molecular weight is 426 g/mol. The van der Waals surface area contributed by atoms with E-state index in [4.69, 9.17) is 0 Å². The van der Waals surface area contributed by atoms with Crippen LogP contribution < -0.4 is 10.6 Å². The van der Waals surface area contributed by atoms with E-state index in [1.165, 1.54) is 0 Å². The summed E-state index contributed by atoms with van der Waals surface area (Å²) >= 11 is 0. The van der Waals surface area contributed by atoms with Crippen LogP contribution >= 0.6 is 24.0 Å². The van der Waals surface area contributed by atoms with Crippen LogP contribution in [0.15, 0.2) is 29.5 Å². The highest BCUT2D eigenvalue weighted by atomic mass is 127. The Kier molecular flexibility index (Phi) is 7.50. The highest BCUT2D eigenvalue weighted by Crippen LogP contribution is 2.17. The van der Waals surface area contributed by atoms with Crippen molar-refractivity contribution in [1.82, 2.24) is 15.2 Å². The molecule has 2 rings (SSSR count). The molecule has 0 amide bonds. The number of rotatable bonds is 5. The van der Waals surface area contributed by atoms with Crippen LogP contribution in [0.25, 0.3) is 0 Å². The van der Waals surface area contributed by atoms with Crippen molar-refractivity contribution in [3.05, 3.63) is 24.5 Å². The summed E-state index contributed by atoms with van der Waals surface area (Å²) in [6.07, 6.45) is 4.78. The SMILES string of the molecule is CN=C(NCCn1cccc1)NCC1CCS(=O)(=O)C1.I. The fourth-order valence-electron chi connectivity index (χ4n) is 2.32. The van der Waals surface area contributed by atoms with Gasteiger partial charge in [-0.2, -0.15) is 0 Å². The molecule has 0 saturated carbocycles. The van der Waals surface area contributed by atoms with E-state index in [0.717, 1.165) is 25.5 Å². The van der Waals surface area contributed by atoms with Crippen LogP contribution in [-0.2, 0) is 16.4 Å². The van der Waals surface area contributed by atoms with Crippen LogP contribution in [0.4, 0.5) is 0 Å². The van der Waals surface area contributed by atoms with E-state index in [0.29, 0.717) is 18.1 Å². The molecular formula is C13H23IN4O2S. The Balaban J connectivity index is 0.00000220. The van der Waals surface area contributed by atoms with Crippen LogP contribution in [0, 0.1) is 5.92 Å². The fraction of sp³-hybridized carbons (Fsp3) is 0.615. The summed E-state index contributed by atoms with van der Waals surface area (Å²) in [5, 5.41) is 6.42. The summed E-state index contributed by atoms with van der Waals surface area (Å²) in [7, 11) is -1.08. The molecule has 0 bridgehead atoms. The van der Waals surface area contributed by atoms with Crippen molar-refractivity contribution < 1.29 is 8.42 Å². The molecule has 0 radical (unpaired) electrons. The van der Waals surface area contributed by atoms with Gasteiger partial charge in [-0.1, -0.05) is 0 Å². The number of hydrogen-bond acceptors (Lipinski definition) is 3. The van der Waals surface area contributed by atoms with Gasteiger partial charge in [-0.15, -0.1) is 24.0 Å². The van der Waals surface area contributed by atoms with Crippen LogP contribution in [0.2, 0.25) is 0 Å². The lowest BCUT2D eigenvalue weighted by molar-refractivity contribution is 0.565. The van der Waals surface area contributed by atoms with Gasteiger partial charge in [0.05, 0.1) is 11.5 Å². The second-order valence-electron chi connectivity index (χ2n) is 5.07. The van der Waals surface area contributed by atoms with Crippen molar-refractivity contribution in [2.75, 3.05) is 31.6 Å². The molecule has 1 fully saturated rings. The minimum Gasteiger partial charge on any atom is -0.356 e. The first-order valence-electron chi connectivity index (χ1n) is 6.85. The third-order valence-corrected chi connectivity index (χ3v) is 5.27. The Morgan fingerprint density at radius 3 is 2.62 bits per heavy atom. The number of nitrogens with zero attached hydrogens (tertiary/aromatic N) is 2. The van der Waals surface area contributed by atoms with E-state index < -0.39 is 9.84 Å². The Morgan fingerprint density at radius 2 is 2.05 bits per heavy atom. The third kappa shape index (κ3) is 6.25. The Labute approximate surface area is 143 Å². The lowest BCUT2D eigenvalue weighted by Crippen LogP contribution is -2.41. The first-order chi connectivity index (χ1) is 9.59. The molecule has 0 aliphatic carbocycles. The largest absolute Gasteiger partial charge is 0.356 e. The van der Waals surface area contributed by atoms with E-state index >= 15 is 0 Å². The molecule has 1 atom stereocenters. The lowest BCUT2D eigenvalue weighted by Gasteiger charge is -2.14. The topological polar surface area (TPSA) is 75.5 Å². The average Bonchev–Trinajstić information content (AvgIpc) is 3.03. The van der Waals surface area contributed by atoms with Crippen LogP contribution in [-0.4, -0.2) is 50.6 Å². The molecule has 1 aromatic heterocycles. The van der Waals surface area contributed by atoms with Crippen LogP contribution in [0.1, 0.15) is 6.42 Å². The van der Waals surface area contributed by atoms with Crippen molar-refractivity contribution in [1.29, 1.82) is 0 Å². The maximum atomic E-state index is 11.4. The first-order valence-corrected chi connectivity index (χ1v) is 8.67. The van der Waals surface area contributed by atoms with Crippen molar-refractivity contribution in [2.45, 2.75) is 13.0 Å². The molecular weight excluding hydrogens is 403 g/mol. The predicted molar refractivity (Wildman–Crippen MR) is 96.0 cm³/mol. The molecule has 0 aromatic carbocycles. The molecule has 1 aliphatic heterocycles. The van der Waals surface area contributed by atoms with Gasteiger partial charge in [-0.25, -0.2) is 8.42 Å². The normalized spacial score (nSPS) is 20.8. The van der Waals surface area contributed by atoms with Crippen LogP contribution in [0.5, 0.6) is 0 Å². The Bertz CT molecular complexity index is 543. The standard InChI is InChI=1S/C13H22N4O2S.HI/c1-14-13(15-5-8-17-6-2-3-7-17)16-10-12-4-9-20(18,19)11-12;/h2-3,6-7,12H,4-5,8-11H2,1H3,(H2,14,15,16);1H. The van der Waals surface area contributed by atoms with Gasteiger partial charge in [0.1, 0.15) is 0 Å². The highest BCUT2D eigenvalue weighted by Gasteiger charge is 2.27. The fourth-order valence-corrected chi connectivity index (χ4v) is 4.18. The number of hydrogen-bond donors (Lipinski definition) is 2. The lowest BCUT2D eigenvalue weighted by atomic mass is 10.1. The van der Waals surface area contributed by atoms with Gasteiger partial charge in [0.25, 0.3) is 0 Å². The van der Waals surface area contributed by atoms with Gasteiger partial charge in [-0.3, -0.25) is 4.99 Å². The number of aromatic nitrogens is 1. The maximum Gasteiger partial charge on any atom is 0.191 e. The summed E-state index contributed by atoms with van der Waals surface area (Å²) in [5.41, 5.74) is 0. The van der Waals surface area contributed by atoms with Crippen molar-refractivity contribution in [3.63, 3.8) is 0 Å². The van der Waals surface area contributed by atoms with Gasteiger partial charge in [0, 0.05) is 39.1 Å². The van der Waals surface area contributed by atoms with Gasteiger partial charge in [-0.05, 0) is 24.5 Å². The second-order valence-corrected chi connectivity index (χ2v) is 7.30. The summed E-state index contributed by atoms with van der Waals surface area (Å²) in [4.78, 5) is 4.14. The number of aliphatic imine (C=N–C) groups is 1. The molecule has 6 nitrogen and oxygen atoms in total. The molecule has 120 valence electrons. The number of sulfone groups is 1. The zero-order chi connectivity index (χ0) is 14.4. The van der Waals surface area contributed by atoms with E-state index in [-0.39, 0.29) is 29.9 Å². The van der Waals surface area contributed by atoms with Crippen LogP contribution in [0.3, 0.4) is 0 Å². The van der Waals surface area contributed by atoms with Gasteiger partial charge in [0.15, 0.2) is 15.8 Å².